The molecule has 0 aliphatic heterocycles. The van der Waals surface area contributed by atoms with Gasteiger partial charge in [-0.25, -0.2) is 4.79 Å². The maximum atomic E-state index is 11.6. The van der Waals surface area contributed by atoms with Crippen molar-refractivity contribution < 1.29 is 23.9 Å². The minimum atomic E-state index is -0.957. The molecular weight excluding hydrogens is 246 g/mol. The molecule has 0 fully saturated rings. The van der Waals surface area contributed by atoms with E-state index in [4.69, 9.17) is 9.84 Å². The summed E-state index contributed by atoms with van der Waals surface area (Å²) in [5, 5.41) is 8.82. The number of hydrogen-bond donors (Lipinski definition) is 1. The molecule has 0 heterocycles. The molecule has 0 saturated heterocycles. The van der Waals surface area contributed by atoms with Crippen LogP contribution in [-0.4, -0.2) is 55.3 Å². The van der Waals surface area contributed by atoms with Gasteiger partial charge in [0.05, 0.1) is 27.6 Å². The van der Waals surface area contributed by atoms with E-state index in [1.807, 2.05) is 21.1 Å². The molecule has 1 unspecified atom stereocenters. The quantitative estimate of drug-likeness (QED) is 0.301. The fourth-order valence-corrected chi connectivity index (χ4v) is 1.65. The Hall–Kier alpha value is -1.36. The Morgan fingerprint density at radius 3 is 2.42 bits per heavy atom. The second-order valence-electron chi connectivity index (χ2n) is 5.67. The van der Waals surface area contributed by atoms with Crippen LogP contribution in [0.25, 0.3) is 0 Å². The molecule has 0 aromatic heterocycles. The fraction of sp³-hybridized carbons (Fsp3) is 0.714. The van der Waals surface area contributed by atoms with E-state index in [0.29, 0.717) is 11.0 Å². The van der Waals surface area contributed by atoms with Crippen molar-refractivity contribution in [2.45, 2.75) is 38.7 Å². The number of allylic oxidation sites excluding steroid dienone is 1. The number of rotatable bonds is 9. The van der Waals surface area contributed by atoms with Crippen molar-refractivity contribution in [1.82, 2.24) is 0 Å². The maximum Gasteiger partial charge on any atom is 0.330 e. The molecule has 1 atom stereocenters. The number of esters is 1. The molecule has 0 radical (unpaired) electrons. The molecule has 0 amide bonds. The molecule has 0 saturated carbocycles. The van der Waals surface area contributed by atoms with E-state index in [2.05, 4.69) is 6.92 Å². The van der Waals surface area contributed by atoms with Gasteiger partial charge < -0.3 is 14.3 Å². The predicted octanol–water partition coefficient (Wildman–Crippen LogP) is 1.83. The van der Waals surface area contributed by atoms with Crippen molar-refractivity contribution in [1.29, 1.82) is 0 Å². The normalized spacial score (nSPS) is 13.5. The van der Waals surface area contributed by atoms with Gasteiger partial charge in [-0.3, -0.25) is 4.79 Å². The molecule has 0 aliphatic carbocycles. The summed E-state index contributed by atoms with van der Waals surface area (Å²) in [7, 11) is 5.79. The van der Waals surface area contributed by atoms with Gasteiger partial charge in [-0.2, -0.15) is 0 Å². The van der Waals surface area contributed by atoms with Gasteiger partial charge in [-0.05, 0) is 6.42 Å². The summed E-state index contributed by atoms with van der Waals surface area (Å²) >= 11 is 0. The van der Waals surface area contributed by atoms with Crippen LogP contribution >= 0.6 is 0 Å². The van der Waals surface area contributed by atoms with Crippen molar-refractivity contribution in [3.05, 3.63) is 12.2 Å². The molecule has 5 heteroatoms. The molecular formula is C14H26NO4+. The van der Waals surface area contributed by atoms with Crippen LogP contribution in [0.2, 0.25) is 0 Å². The molecule has 0 spiro atoms. The highest BCUT2D eigenvalue weighted by Crippen LogP contribution is 2.06. The lowest BCUT2D eigenvalue weighted by Gasteiger charge is -2.28. The Kier molecular flexibility index (Phi) is 8.07. The van der Waals surface area contributed by atoms with Crippen LogP contribution in [-0.2, 0) is 14.3 Å². The Morgan fingerprint density at radius 1 is 1.32 bits per heavy atom. The SMILES string of the molecule is CCCC/C=C/C(=O)OC(CC(=O)O)C[N+](C)(C)C. The number of unbranched alkanes of at least 4 members (excludes halogenated alkanes) is 2. The summed E-state index contributed by atoms with van der Waals surface area (Å²) in [6.07, 6.45) is 5.34. The van der Waals surface area contributed by atoms with Crippen LogP contribution < -0.4 is 0 Å². The third kappa shape index (κ3) is 11.5. The molecule has 0 aromatic rings. The van der Waals surface area contributed by atoms with Crippen LogP contribution in [0.5, 0.6) is 0 Å². The molecule has 0 aliphatic rings. The number of carboxylic acids is 1. The lowest BCUT2D eigenvalue weighted by Crippen LogP contribution is -2.43. The summed E-state index contributed by atoms with van der Waals surface area (Å²) in [4.78, 5) is 22.3. The Morgan fingerprint density at radius 2 is 1.95 bits per heavy atom. The van der Waals surface area contributed by atoms with Crippen molar-refractivity contribution >= 4 is 11.9 Å². The zero-order valence-corrected chi connectivity index (χ0v) is 12.4. The summed E-state index contributed by atoms with van der Waals surface area (Å²) in [6, 6.07) is 0. The van der Waals surface area contributed by atoms with Gasteiger partial charge in [0.15, 0.2) is 6.10 Å². The molecule has 0 aromatic carbocycles. The smallest absolute Gasteiger partial charge is 0.330 e. The van der Waals surface area contributed by atoms with Crippen LogP contribution in [0, 0.1) is 0 Å². The first-order valence-corrected chi connectivity index (χ1v) is 6.64. The number of quaternary nitrogens is 1. The largest absolute Gasteiger partial charge is 0.481 e. The number of carbonyl (C=O) groups is 2. The van der Waals surface area contributed by atoms with Crippen LogP contribution in [0.3, 0.4) is 0 Å². The second-order valence-corrected chi connectivity index (χ2v) is 5.67. The van der Waals surface area contributed by atoms with Gasteiger partial charge >= 0.3 is 11.9 Å². The van der Waals surface area contributed by atoms with Gasteiger partial charge in [0, 0.05) is 6.08 Å². The van der Waals surface area contributed by atoms with E-state index in [1.165, 1.54) is 6.08 Å². The van der Waals surface area contributed by atoms with E-state index in [-0.39, 0.29) is 6.42 Å². The highest BCUT2D eigenvalue weighted by Gasteiger charge is 2.23. The minimum absolute atomic E-state index is 0.163. The van der Waals surface area contributed by atoms with Gasteiger partial charge in [-0.1, -0.05) is 25.8 Å². The standard InChI is InChI=1S/C14H25NO4/c1-5-6-7-8-9-14(18)19-12(10-13(16)17)11-15(2,3)4/h8-9,12H,5-7,10-11H2,1-4H3/p+1/b9-8+. The number of aliphatic carboxylic acids is 1. The first-order valence-electron chi connectivity index (χ1n) is 6.64. The lowest BCUT2D eigenvalue weighted by atomic mass is 10.2. The Labute approximate surface area is 115 Å². The topological polar surface area (TPSA) is 63.6 Å². The highest BCUT2D eigenvalue weighted by molar-refractivity contribution is 5.82. The number of carboxylic acid groups (broad SMARTS) is 1. The average Bonchev–Trinajstić information content (AvgIpc) is 2.20. The summed E-state index contributed by atoms with van der Waals surface area (Å²) in [5.41, 5.74) is 0. The van der Waals surface area contributed by atoms with Crippen LogP contribution in [0.15, 0.2) is 12.2 Å². The zero-order chi connectivity index (χ0) is 14.9. The van der Waals surface area contributed by atoms with Gasteiger partial charge in [0.25, 0.3) is 0 Å². The summed E-state index contributed by atoms with van der Waals surface area (Å²) in [5.74, 6) is -1.42. The van der Waals surface area contributed by atoms with E-state index >= 15 is 0 Å². The van der Waals surface area contributed by atoms with Crippen molar-refractivity contribution in [3.8, 4) is 0 Å². The molecule has 5 nitrogen and oxygen atoms in total. The number of hydrogen-bond acceptors (Lipinski definition) is 3. The molecule has 1 N–H and O–H groups in total. The second kappa shape index (κ2) is 8.69. The first-order chi connectivity index (χ1) is 8.74. The predicted molar refractivity (Wildman–Crippen MR) is 73.7 cm³/mol. The number of ether oxygens (including phenoxy) is 1. The van der Waals surface area contributed by atoms with E-state index in [9.17, 15) is 9.59 Å². The van der Waals surface area contributed by atoms with Crippen LogP contribution in [0.4, 0.5) is 0 Å². The summed E-state index contributed by atoms with van der Waals surface area (Å²) < 4.78 is 5.74. The van der Waals surface area contributed by atoms with Crippen molar-refractivity contribution in [2.24, 2.45) is 0 Å². The third-order valence-corrected chi connectivity index (χ3v) is 2.41. The van der Waals surface area contributed by atoms with Crippen LogP contribution in [0.1, 0.15) is 32.6 Å². The first kappa shape index (κ1) is 17.6. The van der Waals surface area contributed by atoms with Crippen molar-refractivity contribution in [2.75, 3.05) is 27.7 Å². The molecule has 0 rings (SSSR count). The van der Waals surface area contributed by atoms with E-state index < -0.39 is 18.0 Å². The van der Waals surface area contributed by atoms with E-state index in [0.717, 1.165) is 19.3 Å². The molecule has 0 bridgehead atoms. The average molecular weight is 272 g/mol. The number of nitrogens with zero attached hydrogens (tertiary/aromatic N) is 1. The molecule has 19 heavy (non-hydrogen) atoms. The highest BCUT2D eigenvalue weighted by atomic mass is 16.5. The van der Waals surface area contributed by atoms with Gasteiger partial charge in [0.2, 0.25) is 0 Å². The maximum absolute atomic E-state index is 11.6. The fourth-order valence-electron chi connectivity index (χ4n) is 1.65. The third-order valence-electron chi connectivity index (χ3n) is 2.41. The monoisotopic (exact) mass is 272 g/mol. The number of carbonyl (C=O) groups excluding carboxylic acids is 1. The Bertz CT molecular complexity index is 318. The Balaban J connectivity index is 4.34. The van der Waals surface area contributed by atoms with Gasteiger partial charge in [0.1, 0.15) is 6.54 Å². The zero-order valence-electron chi connectivity index (χ0n) is 12.4. The van der Waals surface area contributed by atoms with Crippen molar-refractivity contribution in [3.63, 3.8) is 0 Å². The molecule has 110 valence electrons. The minimum Gasteiger partial charge on any atom is -0.481 e. The number of likely N-dealkylation sites (N-methyl/N-ethyl adjacent to an activating group) is 1. The van der Waals surface area contributed by atoms with Gasteiger partial charge in [-0.15, -0.1) is 0 Å². The van der Waals surface area contributed by atoms with E-state index in [1.54, 1.807) is 6.08 Å². The lowest BCUT2D eigenvalue weighted by molar-refractivity contribution is -0.873. The summed E-state index contributed by atoms with van der Waals surface area (Å²) in [6.45, 7) is 2.55.